The van der Waals surface area contributed by atoms with Crippen LogP contribution in [-0.4, -0.2) is 214 Å². The van der Waals surface area contributed by atoms with Gasteiger partial charge in [-0.3, -0.25) is 62.3 Å². The van der Waals surface area contributed by atoms with Crippen LogP contribution in [0.15, 0.2) is 23.2 Å². The lowest BCUT2D eigenvalue weighted by Gasteiger charge is -2.32. The number of ketones is 3. The molecule has 0 aliphatic carbocycles. The quantitative estimate of drug-likeness (QED) is 0.0431. The van der Waals surface area contributed by atoms with E-state index in [0.717, 1.165) is 21.7 Å². The molecule has 9 amide bonds. The van der Waals surface area contributed by atoms with E-state index >= 15 is 0 Å². The fourth-order valence-corrected chi connectivity index (χ4v) is 11.2. The maximum Gasteiger partial charge on any atom is 0.325 e. The summed E-state index contributed by atoms with van der Waals surface area (Å²) in [6.07, 6.45) is -5.28. The zero-order valence-electron chi connectivity index (χ0n) is 47.3. The molecular formula is C54H75BrN10O18S. The molecule has 1 aromatic heterocycles. The van der Waals surface area contributed by atoms with Crippen LogP contribution >= 0.6 is 27.7 Å². The number of carbonyl (C=O) groups excluding carboxylic acids is 12. The molecule has 0 saturated carbocycles. The zero-order chi connectivity index (χ0) is 62.3. The van der Waals surface area contributed by atoms with Crippen molar-refractivity contribution >= 4 is 121 Å². The summed E-state index contributed by atoms with van der Waals surface area (Å²) in [6.45, 7) is 4.02. The van der Waals surface area contributed by atoms with Crippen LogP contribution in [-0.2, 0) is 68.7 Å². The number of carbonyl (C=O) groups is 13. The topological polar surface area (TPSA) is 421 Å². The fraction of sp³-hybridized carbons (Fsp3) is 0.611. The Kier molecular flexibility index (Phi) is 24.9. The number of Topliss-reactive ketones (excluding diaryl/α,β-unsaturated/α-hetero) is 3. The van der Waals surface area contributed by atoms with Crippen molar-refractivity contribution < 1.29 is 87.9 Å². The number of hydrogen-bond acceptors (Lipinski definition) is 18. The van der Waals surface area contributed by atoms with Crippen molar-refractivity contribution in [3.8, 4) is 0 Å². The lowest BCUT2D eigenvalue weighted by Crippen LogP contribution is -2.57. The predicted molar refractivity (Wildman–Crippen MR) is 303 cm³/mol. The summed E-state index contributed by atoms with van der Waals surface area (Å²) < 4.78 is 0. The van der Waals surface area contributed by atoms with Gasteiger partial charge in [-0.25, -0.2) is 10.0 Å². The Labute approximate surface area is 496 Å². The molecule has 0 radical (unpaired) electrons. The molecule has 1 unspecified atom stereocenters. The van der Waals surface area contributed by atoms with Crippen LogP contribution < -0.4 is 31.9 Å². The van der Waals surface area contributed by atoms with Gasteiger partial charge in [0.2, 0.25) is 47.3 Å². The van der Waals surface area contributed by atoms with Crippen molar-refractivity contribution in [2.45, 2.75) is 158 Å². The Bertz CT molecular complexity index is 2850. The van der Waals surface area contributed by atoms with E-state index in [-0.39, 0.29) is 81.2 Å². The van der Waals surface area contributed by atoms with E-state index in [1.807, 2.05) is 0 Å². The van der Waals surface area contributed by atoms with Gasteiger partial charge in [0.1, 0.15) is 31.2 Å². The monoisotopic (exact) mass is 1260 g/mol. The van der Waals surface area contributed by atoms with Crippen LogP contribution in [0.4, 0.5) is 5.69 Å². The highest BCUT2D eigenvalue weighted by Gasteiger charge is 2.44. The number of alkyl halides is 1. The van der Waals surface area contributed by atoms with E-state index in [1.165, 1.54) is 34.6 Å². The van der Waals surface area contributed by atoms with Crippen LogP contribution in [0.5, 0.6) is 0 Å². The predicted octanol–water partition coefficient (Wildman–Crippen LogP) is -1.53. The summed E-state index contributed by atoms with van der Waals surface area (Å²) in [4.78, 5) is 179. The molecule has 10 atom stereocenters. The fourth-order valence-electron chi connectivity index (χ4n) is 9.82. The normalized spacial score (nSPS) is 24.0. The van der Waals surface area contributed by atoms with Gasteiger partial charge in [0.05, 0.1) is 52.8 Å². The Hall–Kier alpha value is -6.86. The van der Waals surface area contributed by atoms with Crippen molar-refractivity contribution in [3.63, 3.8) is 0 Å². The average molecular weight is 1260 g/mol. The average Bonchev–Trinajstić information content (AvgIpc) is 2.76. The number of aliphatic hydroxyl groups is 4. The summed E-state index contributed by atoms with van der Waals surface area (Å²) in [6, 6.07) is -2.32. The van der Waals surface area contributed by atoms with Gasteiger partial charge in [0, 0.05) is 92.7 Å². The summed E-state index contributed by atoms with van der Waals surface area (Å²) >= 11 is 3.98. The lowest BCUT2D eigenvalue weighted by atomic mass is 9.90. The maximum absolute atomic E-state index is 14.8. The number of hydrazine groups is 1. The van der Waals surface area contributed by atoms with Crippen LogP contribution in [0.3, 0.4) is 0 Å². The number of carboxylic acid groups (broad SMARTS) is 1. The van der Waals surface area contributed by atoms with E-state index < -0.39 is 175 Å². The third kappa shape index (κ3) is 18.8. The van der Waals surface area contributed by atoms with Crippen LogP contribution in [0.1, 0.15) is 104 Å². The number of nitrogens with one attached hydrogen (secondary N) is 7. The van der Waals surface area contributed by atoms with Gasteiger partial charge in [-0.1, -0.05) is 22.9 Å². The molecule has 2 bridgehead atoms. The first kappa shape index (κ1) is 67.9. The number of aliphatic hydroxyl groups excluding tert-OH is 3. The van der Waals surface area contributed by atoms with Gasteiger partial charge in [0.15, 0.2) is 17.3 Å². The highest BCUT2D eigenvalue weighted by molar-refractivity contribution is 9.09. The third-order valence-electron chi connectivity index (χ3n) is 14.6. The van der Waals surface area contributed by atoms with Gasteiger partial charge in [-0.2, -0.15) is 0 Å². The van der Waals surface area contributed by atoms with Gasteiger partial charge < -0.3 is 67.3 Å². The van der Waals surface area contributed by atoms with E-state index in [0.29, 0.717) is 26.5 Å². The molecule has 3 aliphatic rings. The molecule has 462 valence electrons. The van der Waals surface area contributed by atoms with Crippen molar-refractivity contribution in [2.24, 2.45) is 11.8 Å². The molecule has 3 aliphatic heterocycles. The second-order valence-corrected chi connectivity index (χ2v) is 23.2. The molecule has 12 N–H and O–H groups in total. The number of nitrogens with zero attached hydrogens (tertiary/aromatic N) is 3. The Morgan fingerprint density at radius 1 is 0.845 bits per heavy atom. The summed E-state index contributed by atoms with van der Waals surface area (Å²) in [5.74, 6) is -13.2. The molecule has 4 heterocycles. The van der Waals surface area contributed by atoms with Gasteiger partial charge in [-0.05, 0) is 70.7 Å². The number of aliphatic carboxylic acids is 1. The number of aromatic amines is 1. The molecule has 5 rings (SSSR count). The molecule has 2 aromatic rings. The SMILES string of the molecule is CCC(=O)N(CC(=O)O)N(CC(=O)CCCC(=O)NCCCC(=O)Nc1ccc2[nH]c3c(c2c1)C[C@@H]1CC(=O)[C@H](C)NC(=O)[C@@H]2C[C@@H](O)CN2C(=O)[C@@H](CS3)NC(=O)[C@@H](C(C)O)CC(=O)[C@H](C)NC(=O)[C@H](C[C@@](C)(O)CO)NC1=O)C(=O)CBr. The van der Waals surface area contributed by atoms with Gasteiger partial charge in [0.25, 0.3) is 5.91 Å². The second kappa shape index (κ2) is 30.8. The highest BCUT2D eigenvalue weighted by atomic mass is 79.9. The number of rotatable bonds is 19. The lowest BCUT2D eigenvalue weighted by molar-refractivity contribution is -0.168. The minimum Gasteiger partial charge on any atom is -0.480 e. The molecule has 84 heavy (non-hydrogen) atoms. The van der Waals surface area contributed by atoms with Crippen LogP contribution in [0, 0.1) is 11.8 Å². The number of benzene rings is 1. The van der Waals surface area contributed by atoms with E-state index in [1.54, 1.807) is 18.2 Å². The zero-order valence-corrected chi connectivity index (χ0v) is 49.7. The Morgan fingerprint density at radius 3 is 2.14 bits per heavy atom. The molecule has 30 heteroatoms. The first-order valence-electron chi connectivity index (χ1n) is 27.6. The number of hydrogen-bond donors (Lipinski definition) is 12. The van der Waals surface area contributed by atoms with Crippen molar-refractivity contribution in [3.05, 3.63) is 23.8 Å². The Morgan fingerprint density at radius 2 is 1.50 bits per heavy atom. The number of carboxylic acids is 1. The van der Waals surface area contributed by atoms with Crippen molar-refractivity contribution in [1.82, 2.24) is 46.5 Å². The number of fused-ring (bicyclic) bond motifs is 5. The molecule has 1 aromatic carbocycles. The minimum absolute atomic E-state index is 0.0583. The van der Waals surface area contributed by atoms with Gasteiger partial charge >= 0.3 is 5.97 Å². The van der Waals surface area contributed by atoms with E-state index in [4.69, 9.17) is 0 Å². The number of halogens is 1. The summed E-state index contributed by atoms with van der Waals surface area (Å²) in [7, 11) is 0. The smallest absolute Gasteiger partial charge is 0.325 e. The molecule has 1 saturated heterocycles. The minimum atomic E-state index is -1.97. The standard InChI is InChI=1S/C54H75BrN10O18S/c1-6-45(74)65(24-47(76)77)64(46(75)21-55)23-32(68)9-7-10-43(72)56-14-8-11-44(73)59-31-12-13-37-35(17-31)36-15-30-16-41(70)27(2)58-51(81)40-18-33(69)22-63(40)53(82)39(25-84-52(36)62-37)61-49(79)34(29(4)67)19-42(71)28(3)57-50(80)38(60-48(30)78)20-54(5,83)26-66/h12-13,17,27-30,33-34,38-40,62,66-67,69,83H,6-11,14-16,18-26H2,1-5H3,(H,56,72)(H,57,80)(H,58,81)(H,59,73)(H,60,78)(H,61,79)(H,76,77)/t27-,28-,29?,30+,33+,34+,38-,39+,40-,54+/m0/s1. The molecule has 0 spiro atoms. The number of H-pyrrole nitrogens is 1. The number of thioether (sulfide) groups is 1. The van der Waals surface area contributed by atoms with E-state index in [9.17, 15) is 87.9 Å². The van der Waals surface area contributed by atoms with Crippen molar-refractivity contribution in [2.75, 3.05) is 49.2 Å². The highest BCUT2D eigenvalue weighted by Crippen LogP contribution is 2.36. The Balaban J connectivity index is 1.43. The van der Waals surface area contributed by atoms with E-state index in [2.05, 4.69) is 52.8 Å². The number of aromatic nitrogens is 1. The number of anilines is 1. The third-order valence-corrected chi connectivity index (χ3v) is 16.2. The first-order chi connectivity index (χ1) is 39.6. The number of amides is 9. The van der Waals surface area contributed by atoms with Crippen molar-refractivity contribution in [1.29, 1.82) is 0 Å². The van der Waals surface area contributed by atoms with Crippen LogP contribution in [0.25, 0.3) is 10.9 Å². The summed E-state index contributed by atoms with van der Waals surface area (Å²) in [5.41, 5.74) is -0.901. The molecule has 1 fully saturated rings. The second-order valence-electron chi connectivity index (χ2n) is 21.6. The summed E-state index contributed by atoms with van der Waals surface area (Å²) in [5, 5.41) is 69.8. The first-order valence-corrected chi connectivity index (χ1v) is 29.7. The molecule has 28 nitrogen and oxygen atoms in total. The molecular weight excluding hydrogens is 1190 g/mol. The van der Waals surface area contributed by atoms with Gasteiger partial charge in [-0.15, -0.1) is 11.8 Å². The largest absolute Gasteiger partial charge is 0.480 e. The maximum atomic E-state index is 14.8. The van der Waals surface area contributed by atoms with Crippen LogP contribution in [0.2, 0.25) is 0 Å².